The zero-order valence-corrected chi connectivity index (χ0v) is 26.5. The Kier molecular flexibility index (Phi) is 8.60. The van der Waals surface area contributed by atoms with Gasteiger partial charge in [0.1, 0.15) is 29.5 Å². The number of amides is 1. The van der Waals surface area contributed by atoms with Crippen LogP contribution >= 0.6 is 0 Å². The van der Waals surface area contributed by atoms with Crippen molar-refractivity contribution in [2.45, 2.75) is 49.9 Å². The summed E-state index contributed by atoms with van der Waals surface area (Å²) in [4.78, 5) is 39.4. The number of aromatic nitrogens is 4. The molecule has 0 saturated carbocycles. The Morgan fingerprint density at radius 3 is 2.44 bits per heavy atom. The average molecular weight is 666 g/mol. The van der Waals surface area contributed by atoms with Gasteiger partial charge in [0.15, 0.2) is 11.5 Å². The number of methoxy groups -OCH3 is 1. The molecule has 48 heavy (non-hydrogen) atoms. The number of imidazole rings is 1. The predicted molar refractivity (Wildman–Crippen MR) is 173 cm³/mol. The number of hydrogen-bond acceptors (Lipinski definition) is 9. The zero-order chi connectivity index (χ0) is 33.6. The first-order valence-electron chi connectivity index (χ1n) is 16.2. The molecular weight excluding hydrogens is 627 g/mol. The molecule has 4 aromatic rings. The minimum Gasteiger partial charge on any atom is -0.496 e. The van der Waals surface area contributed by atoms with Crippen molar-refractivity contribution in [2.75, 3.05) is 52.1 Å². The van der Waals surface area contributed by atoms with Gasteiger partial charge in [-0.15, -0.1) is 0 Å². The molecule has 3 aliphatic heterocycles. The number of nitrogen functional groups attached to an aromatic ring is 1. The van der Waals surface area contributed by atoms with Gasteiger partial charge in [0.25, 0.3) is 11.8 Å². The lowest BCUT2D eigenvalue weighted by Gasteiger charge is -2.47. The maximum atomic E-state index is 16.1. The number of carbonyl (C=O) groups is 1. The lowest BCUT2D eigenvalue weighted by atomic mass is 9.94. The largest absolute Gasteiger partial charge is 0.496 e. The molecule has 254 valence electrons. The van der Waals surface area contributed by atoms with E-state index >= 15 is 8.78 Å². The minimum absolute atomic E-state index is 0.00888. The molecule has 2 aromatic carbocycles. The molecule has 3 fully saturated rings. The van der Waals surface area contributed by atoms with Gasteiger partial charge in [0, 0.05) is 51.4 Å². The summed E-state index contributed by atoms with van der Waals surface area (Å²) in [5.74, 6) is -4.06. The van der Waals surface area contributed by atoms with E-state index in [0.29, 0.717) is 23.8 Å². The smallest absolute Gasteiger partial charge is 0.335 e. The summed E-state index contributed by atoms with van der Waals surface area (Å²) in [5.41, 5.74) is 6.85. The van der Waals surface area contributed by atoms with Gasteiger partial charge >= 0.3 is 5.69 Å². The number of piperidine rings is 2. The van der Waals surface area contributed by atoms with Crippen molar-refractivity contribution in [3.05, 3.63) is 76.2 Å². The predicted octanol–water partition coefficient (Wildman–Crippen LogP) is 2.56. The molecule has 12 nitrogen and oxygen atoms in total. The number of alkyl halides is 2. The van der Waals surface area contributed by atoms with Crippen molar-refractivity contribution < 1.29 is 22.7 Å². The summed E-state index contributed by atoms with van der Waals surface area (Å²) in [6.45, 7) is 3.88. The van der Waals surface area contributed by atoms with Gasteiger partial charge in [-0.3, -0.25) is 23.7 Å². The van der Waals surface area contributed by atoms with Crippen LogP contribution in [0.15, 0.2) is 53.6 Å². The van der Waals surface area contributed by atoms with Crippen LogP contribution in [-0.4, -0.2) is 99.2 Å². The summed E-state index contributed by atoms with van der Waals surface area (Å²) in [7, 11) is 1.39. The van der Waals surface area contributed by atoms with Crippen molar-refractivity contribution in [1.82, 2.24) is 39.5 Å². The standard InChI is InChI=1S/C33H38F3N9O3/c1-48-26-7-4-21(34)14-25(26)31(46)39-15-20-2-5-23(6-3-20)44-28-29(37)40-19-41-30(28)45(32(44)47)27-10-13-43(18-33(27,35)36)22-8-11-42(12-9-22)24-16-38-17-24/h2-7,14,19,22,24,27,38H,8-13,15-18H2,1H3,(H,39,46)(H2,37,40,41)/t27-/m1/s1. The Labute approximate surface area is 274 Å². The van der Waals surface area contributed by atoms with Crippen LogP contribution in [0.25, 0.3) is 16.9 Å². The lowest BCUT2D eigenvalue weighted by Crippen LogP contribution is -2.61. The molecule has 7 rings (SSSR count). The zero-order valence-electron chi connectivity index (χ0n) is 26.5. The van der Waals surface area contributed by atoms with E-state index in [0.717, 1.165) is 49.7 Å². The number of benzene rings is 2. The first-order chi connectivity index (χ1) is 23.1. The van der Waals surface area contributed by atoms with Gasteiger partial charge in [-0.25, -0.2) is 27.9 Å². The number of carbonyl (C=O) groups excluding carboxylic acids is 1. The number of likely N-dealkylation sites (tertiary alicyclic amines) is 2. The monoisotopic (exact) mass is 665 g/mol. The molecule has 15 heteroatoms. The second kappa shape index (κ2) is 12.9. The normalized spacial score (nSPS) is 20.9. The molecule has 4 N–H and O–H groups in total. The Balaban J connectivity index is 1.10. The van der Waals surface area contributed by atoms with Crippen LogP contribution in [0.3, 0.4) is 0 Å². The Morgan fingerprint density at radius 2 is 1.77 bits per heavy atom. The van der Waals surface area contributed by atoms with E-state index in [1.54, 1.807) is 24.3 Å². The molecular formula is C33H38F3N9O3. The highest BCUT2D eigenvalue weighted by atomic mass is 19.3. The molecule has 0 unspecified atom stereocenters. The third kappa shape index (κ3) is 5.90. The minimum atomic E-state index is -3.19. The third-order valence-corrected chi connectivity index (χ3v) is 9.93. The van der Waals surface area contributed by atoms with Gasteiger partial charge in [0.05, 0.1) is 24.9 Å². The SMILES string of the molecule is COc1ccc(F)cc1C(=O)NCc1ccc(-n2c(=O)n([C@@H]3CCN(C4CCN(C5CNC5)CC4)CC3(F)F)c3ncnc(N)c32)cc1. The van der Waals surface area contributed by atoms with Gasteiger partial charge in [-0.1, -0.05) is 12.1 Å². The molecule has 2 aromatic heterocycles. The maximum Gasteiger partial charge on any atom is 0.335 e. The van der Waals surface area contributed by atoms with Crippen LogP contribution in [-0.2, 0) is 6.54 Å². The number of hydrogen-bond donors (Lipinski definition) is 3. The molecule has 5 heterocycles. The van der Waals surface area contributed by atoms with Gasteiger partial charge in [0.2, 0.25) is 0 Å². The highest BCUT2D eigenvalue weighted by Gasteiger charge is 2.49. The second-order valence-corrected chi connectivity index (χ2v) is 12.7. The summed E-state index contributed by atoms with van der Waals surface area (Å²) < 4.78 is 53.4. The maximum absolute atomic E-state index is 16.1. The fourth-order valence-corrected chi connectivity index (χ4v) is 7.22. The molecule has 3 aliphatic rings. The van der Waals surface area contributed by atoms with E-state index < -0.39 is 35.9 Å². The van der Waals surface area contributed by atoms with E-state index in [9.17, 15) is 14.0 Å². The molecule has 0 aliphatic carbocycles. The van der Waals surface area contributed by atoms with Crippen molar-refractivity contribution in [1.29, 1.82) is 0 Å². The van der Waals surface area contributed by atoms with Crippen molar-refractivity contribution in [3.8, 4) is 11.4 Å². The van der Waals surface area contributed by atoms with Crippen molar-refractivity contribution in [3.63, 3.8) is 0 Å². The Bertz CT molecular complexity index is 1870. The van der Waals surface area contributed by atoms with Crippen molar-refractivity contribution >= 4 is 22.9 Å². The molecule has 1 amide bonds. The number of nitrogens with two attached hydrogens (primary N) is 1. The number of ether oxygens (including phenoxy) is 1. The molecule has 0 bridgehead atoms. The van der Waals surface area contributed by atoms with Crippen LogP contribution < -0.4 is 26.8 Å². The fourth-order valence-electron chi connectivity index (χ4n) is 7.22. The number of halogens is 3. The van der Waals surface area contributed by atoms with Crippen LogP contribution in [0.2, 0.25) is 0 Å². The van der Waals surface area contributed by atoms with E-state index in [1.165, 1.54) is 30.1 Å². The van der Waals surface area contributed by atoms with Crippen molar-refractivity contribution in [2.24, 2.45) is 0 Å². The third-order valence-electron chi connectivity index (χ3n) is 9.93. The second-order valence-electron chi connectivity index (χ2n) is 12.7. The van der Waals surface area contributed by atoms with Crippen LogP contribution in [0, 0.1) is 5.82 Å². The number of nitrogens with one attached hydrogen (secondary N) is 2. The summed E-state index contributed by atoms with van der Waals surface area (Å²) in [5, 5.41) is 6.02. The number of rotatable bonds is 8. The lowest BCUT2D eigenvalue weighted by molar-refractivity contribution is -0.117. The van der Waals surface area contributed by atoms with Gasteiger partial charge in [-0.2, -0.15) is 0 Å². The van der Waals surface area contributed by atoms with E-state index in [1.807, 2.05) is 4.90 Å². The summed E-state index contributed by atoms with van der Waals surface area (Å²) in [6.07, 6.45) is 2.95. The van der Waals surface area contributed by atoms with Gasteiger partial charge in [-0.05, 0) is 55.2 Å². The first kappa shape index (κ1) is 32.1. The van der Waals surface area contributed by atoms with E-state index in [2.05, 4.69) is 25.5 Å². The van der Waals surface area contributed by atoms with E-state index in [-0.39, 0.29) is 47.3 Å². The molecule has 3 saturated heterocycles. The Morgan fingerprint density at radius 1 is 1.04 bits per heavy atom. The number of fused-ring (bicyclic) bond motifs is 1. The van der Waals surface area contributed by atoms with Crippen LogP contribution in [0.1, 0.15) is 41.2 Å². The fraction of sp³-hybridized carbons (Fsp3) is 0.455. The summed E-state index contributed by atoms with van der Waals surface area (Å²) in [6, 6.07) is 9.53. The molecule has 1 atom stereocenters. The topological polar surface area (TPSA) is 136 Å². The summed E-state index contributed by atoms with van der Waals surface area (Å²) >= 11 is 0. The quantitative estimate of drug-likeness (QED) is 0.260. The number of anilines is 1. The number of nitrogens with zero attached hydrogens (tertiary/aromatic N) is 6. The van der Waals surface area contributed by atoms with Gasteiger partial charge < -0.3 is 21.1 Å². The first-order valence-corrected chi connectivity index (χ1v) is 16.2. The van der Waals surface area contributed by atoms with E-state index in [4.69, 9.17) is 10.5 Å². The molecule has 0 radical (unpaired) electrons. The van der Waals surface area contributed by atoms with Crippen LogP contribution in [0.5, 0.6) is 5.75 Å². The highest BCUT2D eigenvalue weighted by Crippen LogP contribution is 2.39. The average Bonchev–Trinajstić information content (AvgIpc) is 3.35. The highest BCUT2D eigenvalue weighted by molar-refractivity contribution is 5.96. The van der Waals surface area contributed by atoms with Crippen LogP contribution in [0.4, 0.5) is 19.0 Å². The Hall–Kier alpha value is -4.47. The molecule has 0 spiro atoms.